The van der Waals surface area contributed by atoms with Crippen LogP contribution in [0.5, 0.6) is 0 Å². The van der Waals surface area contributed by atoms with E-state index in [9.17, 15) is 0 Å². The summed E-state index contributed by atoms with van der Waals surface area (Å²) in [5.74, 6) is 0. The van der Waals surface area contributed by atoms with Crippen LogP contribution in [0.4, 0.5) is 5.69 Å². The highest BCUT2D eigenvalue weighted by molar-refractivity contribution is 5.73. The highest BCUT2D eigenvalue weighted by atomic mass is 16.7. The first-order valence-electron chi connectivity index (χ1n) is 7.19. The van der Waals surface area contributed by atoms with Gasteiger partial charge in [0.05, 0.1) is 13.2 Å². The van der Waals surface area contributed by atoms with Gasteiger partial charge in [0.15, 0.2) is 6.29 Å². The van der Waals surface area contributed by atoms with Crippen molar-refractivity contribution in [3.05, 3.63) is 65.2 Å². The lowest BCUT2D eigenvalue weighted by atomic mass is 10.0. The van der Waals surface area contributed by atoms with Crippen molar-refractivity contribution in [1.29, 1.82) is 0 Å². The number of anilines is 1. The third-order valence-corrected chi connectivity index (χ3v) is 3.45. The van der Waals surface area contributed by atoms with Gasteiger partial charge < -0.3 is 15.2 Å². The van der Waals surface area contributed by atoms with Crippen LogP contribution in [0, 0.1) is 0 Å². The normalized spacial score (nSPS) is 16.4. The molecule has 0 unspecified atom stereocenters. The van der Waals surface area contributed by atoms with Gasteiger partial charge in [-0.15, -0.1) is 0 Å². The number of nitrogens with two attached hydrogens (primary N) is 1. The van der Waals surface area contributed by atoms with Crippen LogP contribution in [0.15, 0.2) is 48.5 Å². The predicted molar refractivity (Wildman–Crippen MR) is 85.5 cm³/mol. The van der Waals surface area contributed by atoms with Gasteiger partial charge in [-0.2, -0.15) is 0 Å². The minimum atomic E-state index is -0.297. The van der Waals surface area contributed by atoms with Crippen molar-refractivity contribution in [3.8, 4) is 0 Å². The van der Waals surface area contributed by atoms with Gasteiger partial charge in [-0.25, -0.2) is 0 Å². The monoisotopic (exact) mass is 281 g/mol. The molecule has 0 radical (unpaired) electrons. The Labute approximate surface area is 125 Å². The van der Waals surface area contributed by atoms with Crippen molar-refractivity contribution in [1.82, 2.24) is 0 Å². The van der Waals surface area contributed by atoms with Crippen LogP contribution in [0.1, 0.15) is 29.4 Å². The first kappa shape index (κ1) is 13.9. The molecule has 3 rings (SSSR count). The first-order valence-corrected chi connectivity index (χ1v) is 7.19. The van der Waals surface area contributed by atoms with E-state index in [0.29, 0.717) is 0 Å². The van der Waals surface area contributed by atoms with Gasteiger partial charge in [-0.3, -0.25) is 0 Å². The summed E-state index contributed by atoms with van der Waals surface area (Å²) in [6.45, 7) is 1.47. The average molecular weight is 281 g/mol. The van der Waals surface area contributed by atoms with Crippen molar-refractivity contribution in [2.24, 2.45) is 0 Å². The molecule has 1 saturated heterocycles. The quantitative estimate of drug-likeness (QED) is 0.686. The van der Waals surface area contributed by atoms with E-state index in [0.717, 1.165) is 42.0 Å². The van der Waals surface area contributed by atoms with Crippen LogP contribution >= 0.6 is 0 Å². The molecule has 2 aromatic carbocycles. The maximum absolute atomic E-state index is 5.91. The number of nitrogen functional groups attached to an aromatic ring is 1. The molecule has 0 bridgehead atoms. The molecule has 1 aliphatic heterocycles. The highest BCUT2D eigenvalue weighted by Crippen LogP contribution is 2.28. The van der Waals surface area contributed by atoms with E-state index in [2.05, 4.69) is 24.3 Å². The van der Waals surface area contributed by atoms with Gasteiger partial charge in [-0.05, 0) is 29.7 Å². The molecule has 0 aromatic heterocycles. The van der Waals surface area contributed by atoms with E-state index in [1.54, 1.807) is 0 Å². The zero-order chi connectivity index (χ0) is 14.5. The van der Waals surface area contributed by atoms with Crippen LogP contribution in [0.3, 0.4) is 0 Å². The van der Waals surface area contributed by atoms with Crippen molar-refractivity contribution >= 4 is 17.8 Å². The van der Waals surface area contributed by atoms with Crippen molar-refractivity contribution in [2.45, 2.75) is 12.7 Å². The Kier molecular flexibility index (Phi) is 4.34. The number of hydrogen-bond acceptors (Lipinski definition) is 3. The summed E-state index contributed by atoms with van der Waals surface area (Å²) in [6, 6.07) is 16.0. The molecule has 3 heteroatoms. The molecule has 0 atom stereocenters. The Balaban J connectivity index is 1.89. The molecule has 21 heavy (non-hydrogen) atoms. The zero-order valence-electron chi connectivity index (χ0n) is 11.9. The van der Waals surface area contributed by atoms with Gasteiger partial charge in [-0.1, -0.05) is 48.6 Å². The Morgan fingerprint density at radius 1 is 0.952 bits per heavy atom. The molecule has 2 N–H and O–H groups in total. The van der Waals surface area contributed by atoms with Gasteiger partial charge in [0.25, 0.3) is 0 Å². The molecule has 0 amide bonds. The lowest BCUT2D eigenvalue weighted by Gasteiger charge is -2.25. The molecule has 1 heterocycles. The predicted octanol–water partition coefficient (Wildman–Crippen LogP) is 3.87. The van der Waals surface area contributed by atoms with E-state index in [4.69, 9.17) is 15.2 Å². The van der Waals surface area contributed by atoms with Crippen LogP contribution in [0.2, 0.25) is 0 Å². The van der Waals surface area contributed by atoms with E-state index in [1.165, 1.54) is 0 Å². The zero-order valence-corrected chi connectivity index (χ0v) is 11.9. The number of hydrogen-bond donors (Lipinski definition) is 1. The van der Waals surface area contributed by atoms with E-state index < -0.39 is 0 Å². The van der Waals surface area contributed by atoms with Gasteiger partial charge in [0.1, 0.15) is 0 Å². The Bertz CT molecular complexity index is 616. The summed E-state index contributed by atoms with van der Waals surface area (Å²) in [5, 5.41) is 0. The van der Waals surface area contributed by atoms with Crippen molar-refractivity contribution in [2.75, 3.05) is 18.9 Å². The molecular formula is C18H19NO2. The molecule has 0 spiro atoms. The van der Waals surface area contributed by atoms with Crippen LogP contribution in [-0.4, -0.2) is 13.2 Å². The number of ether oxygens (including phenoxy) is 2. The van der Waals surface area contributed by atoms with E-state index in [-0.39, 0.29) is 6.29 Å². The first-order chi connectivity index (χ1) is 10.3. The lowest BCUT2D eigenvalue weighted by Crippen LogP contribution is -2.18. The summed E-state index contributed by atoms with van der Waals surface area (Å²) in [4.78, 5) is 0. The highest BCUT2D eigenvalue weighted by Gasteiger charge is 2.18. The molecule has 3 nitrogen and oxygen atoms in total. The number of benzene rings is 2. The lowest BCUT2D eigenvalue weighted by molar-refractivity contribution is -0.183. The summed E-state index contributed by atoms with van der Waals surface area (Å²) in [6.07, 6.45) is 4.78. The second-order valence-corrected chi connectivity index (χ2v) is 5.06. The Morgan fingerprint density at radius 2 is 1.71 bits per heavy atom. The fraction of sp³-hybridized carbons (Fsp3) is 0.222. The van der Waals surface area contributed by atoms with Crippen molar-refractivity contribution < 1.29 is 9.47 Å². The maximum atomic E-state index is 5.91. The third kappa shape index (κ3) is 3.51. The summed E-state index contributed by atoms with van der Waals surface area (Å²) < 4.78 is 11.4. The minimum absolute atomic E-state index is 0.297. The summed E-state index contributed by atoms with van der Waals surface area (Å²) >= 11 is 0. The minimum Gasteiger partial charge on any atom is -0.399 e. The fourth-order valence-electron chi connectivity index (χ4n) is 2.37. The second-order valence-electron chi connectivity index (χ2n) is 5.06. The second kappa shape index (κ2) is 6.57. The fourth-order valence-corrected chi connectivity index (χ4v) is 2.37. The summed E-state index contributed by atoms with van der Waals surface area (Å²) in [7, 11) is 0. The van der Waals surface area contributed by atoms with E-state index in [1.807, 2.05) is 36.4 Å². The Hall–Kier alpha value is -2.10. The molecule has 0 aliphatic carbocycles. The maximum Gasteiger partial charge on any atom is 0.184 e. The molecule has 108 valence electrons. The standard InChI is InChI=1S/C18H19NO2/c19-16-9-10-17(18-20-11-4-12-21-18)15(13-16)8-7-14-5-2-1-3-6-14/h1-3,5-10,13,18H,4,11-12,19H2/b8-7+. The molecule has 1 fully saturated rings. The van der Waals surface area contributed by atoms with Crippen LogP contribution in [-0.2, 0) is 9.47 Å². The van der Waals surface area contributed by atoms with Gasteiger partial charge in [0, 0.05) is 11.3 Å². The Morgan fingerprint density at radius 3 is 2.48 bits per heavy atom. The summed E-state index contributed by atoms with van der Waals surface area (Å²) in [5.41, 5.74) is 9.86. The smallest absolute Gasteiger partial charge is 0.184 e. The molecule has 1 aliphatic rings. The van der Waals surface area contributed by atoms with Gasteiger partial charge in [0.2, 0.25) is 0 Å². The third-order valence-electron chi connectivity index (χ3n) is 3.45. The van der Waals surface area contributed by atoms with Crippen LogP contribution < -0.4 is 5.73 Å². The molecule has 0 saturated carbocycles. The van der Waals surface area contributed by atoms with Gasteiger partial charge >= 0.3 is 0 Å². The van der Waals surface area contributed by atoms with Crippen molar-refractivity contribution in [3.63, 3.8) is 0 Å². The molecular weight excluding hydrogens is 262 g/mol. The van der Waals surface area contributed by atoms with Crippen LogP contribution in [0.25, 0.3) is 12.2 Å². The largest absolute Gasteiger partial charge is 0.399 e. The SMILES string of the molecule is Nc1ccc(C2OCCCO2)c(/C=C/c2ccccc2)c1. The number of rotatable bonds is 3. The van der Waals surface area contributed by atoms with E-state index >= 15 is 0 Å². The average Bonchev–Trinajstić information content (AvgIpc) is 2.55. The topological polar surface area (TPSA) is 44.5 Å². The molecule has 2 aromatic rings.